The lowest BCUT2D eigenvalue weighted by molar-refractivity contribution is -0.143. The molecule has 0 atom stereocenters. The van der Waals surface area contributed by atoms with Crippen LogP contribution in [-0.2, 0) is 14.4 Å². The number of para-hydroxylation sites is 2. The second-order valence-electron chi connectivity index (χ2n) is 6.95. The summed E-state index contributed by atoms with van der Waals surface area (Å²) >= 11 is 0. The molecule has 154 valence electrons. The molecule has 2 rings (SSSR count). The van der Waals surface area contributed by atoms with Crippen molar-refractivity contribution >= 4 is 23.5 Å². The van der Waals surface area contributed by atoms with Crippen molar-refractivity contribution in [3.05, 3.63) is 24.3 Å². The Morgan fingerprint density at radius 1 is 1.25 bits per heavy atom. The van der Waals surface area contributed by atoms with Crippen LogP contribution in [-0.4, -0.2) is 72.5 Å². The second-order valence-corrected chi connectivity index (χ2v) is 6.95. The summed E-state index contributed by atoms with van der Waals surface area (Å²) in [6.45, 7) is 3.78. The maximum absolute atomic E-state index is 12.7. The summed E-state index contributed by atoms with van der Waals surface area (Å²) in [5.41, 5.74) is 0.564. The number of rotatable bonds is 9. The Morgan fingerprint density at radius 2 is 1.93 bits per heavy atom. The summed E-state index contributed by atoms with van der Waals surface area (Å²) in [6.07, 6.45) is 1.84. The maximum Gasteiger partial charge on any atom is 0.306 e. The van der Waals surface area contributed by atoms with Gasteiger partial charge in [-0.2, -0.15) is 0 Å². The molecule has 0 spiro atoms. The number of hydrogen-bond acceptors (Lipinski definition) is 5. The number of ether oxygens (including phenoxy) is 1. The normalized spacial score (nSPS) is 15.1. The molecule has 2 N–H and O–H groups in total. The van der Waals surface area contributed by atoms with Gasteiger partial charge in [-0.05, 0) is 44.5 Å². The van der Waals surface area contributed by atoms with Gasteiger partial charge in [0.05, 0.1) is 31.8 Å². The number of carbonyl (C=O) groups excluding carboxylic acids is 2. The van der Waals surface area contributed by atoms with Crippen LogP contribution in [0, 0.1) is 5.92 Å². The molecule has 1 saturated heterocycles. The smallest absolute Gasteiger partial charge is 0.306 e. The molecule has 28 heavy (non-hydrogen) atoms. The van der Waals surface area contributed by atoms with E-state index in [9.17, 15) is 14.4 Å². The number of nitrogens with zero attached hydrogens (tertiary/aromatic N) is 2. The summed E-state index contributed by atoms with van der Waals surface area (Å²) in [5, 5.41) is 11.9. The lowest BCUT2D eigenvalue weighted by Gasteiger charge is -2.31. The number of methoxy groups -OCH3 is 1. The number of anilines is 1. The number of carboxylic acids is 1. The number of amides is 2. The van der Waals surface area contributed by atoms with Gasteiger partial charge < -0.3 is 20.1 Å². The minimum Gasteiger partial charge on any atom is -0.495 e. The first-order valence-electron chi connectivity index (χ1n) is 9.60. The number of hydrogen-bond donors (Lipinski definition) is 2. The van der Waals surface area contributed by atoms with Gasteiger partial charge in [-0.25, -0.2) is 0 Å². The molecular formula is C20H29N3O5. The highest BCUT2D eigenvalue weighted by Gasteiger charge is 2.27. The molecule has 2 amide bonds. The monoisotopic (exact) mass is 391 g/mol. The Morgan fingerprint density at radius 3 is 2.54 bits per heavy atom. The fraction of sp³-hybridized carbons (Fsp3) is 0.550. The number of aliphatic carboxylic acids is 1. The predicted molar refractivity (Wildman–Crippen MR) is 105 cm³/mol. The van der Waals surface area contributed by atoms with E-state index < -0.39 is 5.97 Å². The van der Waals surface area contributed by atoms with E-state index in [0.29, 0.717) is 43.9 Å². The highest BCUT2D eigenvalue weighted by atomic mass is 16.5. The molecule has 1 aliphatic heterocycles. The van der Waals surface area contributed by atoms with Gasteiger partial charge in [0, 0.05) is 6.54 Å². The molecule has 8 heteroatoms. The van der Waals surface area contributed by atoms with Crippen molar-refractivity contribution in [3.8, 4) is 5.75 Å². The van der Waals surface area contributed by atoms with Gasteiger partial charge in [0.15, 0.2) is 0 Å². The van der Waals surface area contributed by atoms with Crippen LogP contribution >= 0.6 is 0 Å². The lowest BCUT2D eigenvalue weighted by Crippen LogP contribution is -2.46. The van der Waals surface area contributed by atoms with Crippen molar-refractivity contribution < 1.29 is 24.2 Å². The van der Waals surface area contributed by atoms with Gasteiger partial charge in [-0.1, -0.05) is 19.1 Å². The lowest BCUT2D eigenvalue weighted by atomic mass is 9.97. The quantitative estimate of drug-likeness (QED) is 0.664. The van der Waals surface area contributed by atoms with E-state index >= 15 is 0 Å². The van der Waals surface area contributed by atoms with E-state index in [1.54, 1.807) is 23.1 Å². The van der Waals surface area contributed by atoms with Crippen molar-refractivity contribution in [3.63, 3.8) is 0 Å². The van der Waals surface area contributed by atoms with Crippen LogP contribution in [0.3, 0.4) is 0 Å². The molecule has 1 heterocycles. The van der Waals surface area contributed by atoms with E-state index in [1.807, 2.05) is 17.9 Å². The third-order valence-corrected chi connectivity index (χ3v) is 4.86. The number of likely N-dealkylation sites (tertiary alicyclic amines) is 1. The molecule has 0 aliphatic carbocycles. The minimum atomic E-state index is -0.772. The second kappa shape index (κ2) is 10.7. The van der Waals surface area contributed by atoms with Crippen molar-refractivity contribution in [2.24, 2.45) is 5.92 Å². The van der Waals surface area contributed by atoms with Crippen LogP contribution < -0.4 is 10.1 Å². The van der Waals surface area contributed by atoms with E-state index in [2.05, 4.69) is 5.32 Å². The van der Waals surface area contributed by atoms with Crippen LogP contribution in [0.15, 0.2) is 24.3 Å². The zero-order chi connectivity index (χ0) is 20.5. The van der Waals surface area contributed by atoms with Gasteiger partial charge in [0.25, 0.3) is 0 Å². The number of carbonyl (C=O) groups is 3. The summed E-state index contributed by atoms with van der Waals surface area (Å²) in [4.78, 5) is 39.7. The number of nitrogens with one attached hydrogen (secondary N) is 1. The molecule has 1 aromatic carbocycles. The van der Waals surface area contributed by atoms with Gasteiger partial charge in [0.2, 0.25) is 11.8 Å². The van der Waals surface area contributed by atoms with Gasteiger partial charge in [-0.3, -0.25) is 19.3 Å². The molecular weight excluding hydrogens is 362 g/mol. The van der Waals surface area contributed by atoms with E-state index in [1.165, 1.54) is 7.11 Å². The Bertz CT molecular complexity index is 686. The highest BCUT2D eigenvalue weighted by Crippen LogP contribution is 2.23. The van der Waals surface area contributed by atoms with Crippen LogP contribution in [0.4, 0.5) is 5.69 Å². The molecule has 0 aromatic heterocycles. The highest BCUT2D eigenvalue weighted by molar-refractivity contribution is 5.95. The zero-order valence-corrected chi connectivity index (χ0v) is 16.5. The fourth-order valence-electron chi connectivity index (χ4n) is 3.30. The zero-order valence-electron chi connectivity index (χ0n) is 16.5. The first-order valence-corrected chi connectivity index (χ1v) is 9.60. The third kappa shape index (κ3) is 6.23. The number of piperidine rings is 1. The predicted octanol–water partition coefficient (Wildman–Crippen LogP) is 1.67. The largest absolute Gasteiger partial charge is 0.495 e. The molecule has 1 fully saturated rings. The summed E-state index contributed by atoms with van der Waals surface area (Å²) < 4.78 is 5.23. The Hall–Kier alpha value is -2.61. The maximum atomic E-state index is 12.7. The summed E-state index contributed by atoms with van der Waals surface area (Å²) in [5.74, 6) is -0.941. The first kappa shape index (κ1) is 21.7. The molecule has 0 saturated carbocycles. The van der Waals surface area contributed by atoms with Crippen LogP contribution in [0.2, 0.25) is 0 Å². The average molecular weight is 391 g/mol. The van der Waals surface area contributed by atoms with E-state index in [4.69, 9.17) is 9.84 Å². The fourth-order valence-corrected chi connectivity index (χ4v) is 3.30. The number of benzene rings is 1. The third-order valence-electron chi connectivity index (χ3n) is 4.86. The van der Waals surface area contributed by atoms with Gasteiger partial charge >= 0.3 is 5.97 Å². The van der Waals surface area contributed by atoms with Crippen molar-refractivity contribution in [2.75, 3.05) is 45.2 Å². The first-order chi connectivity index (χ1) is 13.4. The van der Waals surface area contributed by atoms with E-state index in [0.717, 1.165) is 6.42 Å². The molecule has 1 aromatic rings. The minimum absolute atomic E-state index is 0.0314. The van der Waals surface area contributed by atoms with Crippen molar-refractivity contribution in [1.82, 2.24) is 9.80 Å². The average Bonchev–Trinajstić information content (AvgIpc) is 2.68. The van der Waals surface area contributed by atoms with Crippen LogP contribution in [0.5, 0.6) is 5.75 Å². The Labute approximate surface area is 165 Å². The Kier molecular flexibility index (Phi) is 8.25. The van der Waals surface area contributed by atoms with Crippen LogP contribution in [0.1, 0.15) is 26.2 Å². The topological polar surface area (TPSA) is 99.2 Å². The van der Waals surface area contributed by atoms with Gasteiger partial charge in [0.1, 0.15) is 5.75 Å². The van der Waals surface area contributed by atoms with Crippen LogP contribution in [0.25, 0.3) is 0 Å². The molecule has 0 unspecified atom stereocenters. The summed E-state index contributed by atoms with van der Waals surface area (Å²) in [6, 6.07) is 7.11. The van der Waals surface area contributed by atoms with Gasteiger partial charge in [-0.15, -0.1) is 0 Å². The standard InChI is InChI=1S/C20H29N3O5/c1-3-10-23(13-18(24)21-16-6-4-5-7-17(16)28-2)19(25)14-22-11-8-15(9-12-22)20(26)27/h4-7,15H,3,8-14H2,1-2H3,(H,21,24)(H,26,27). The Balaban J connectivity index is 1.90. The molecule has 0 bridgehead atoms. The van der Waals surface area contributed by atoms with E-state index in [-0.39, 0.29) is 30.8 Å². The summed E-state index contributed by atoms with van der Waals surface area (Å²) in [7, 11) is 1.53. The molecule has 8 nitrogen and oxygen atoms in total. The van der Waals surface area contributed by atoms with Crippen molar-refractivity contribution in [2.45, 2.75) is 26.2 Å². The molecule has 0 radical (unpaired) electrons. The van der Waals surface area contributed by atoms with Crippen molar-refractivity contribution in [1.29, 1.82) is 0 Å². The number of carboxylic acid groups (broad SMARTS) is 1. The SMILES string of the molecule is CCCN(CC(=O)Nc1ccccc1OC)C(=O)CN1CCC(C(=O)O)CC1. The molecule has 1 aliphatic rings.